The van der Waals surface area contributed by atoms with Crippen LogP contribution in [0, 0.1) is 6.92 Å². The van der Waals surface area contributed by atoms with Crippen molar-refractivity contribution in [2.75, 3.05) is 12.4 Å². The fourth-order valence-electron chi connectivity index (χ4n) is 2.46. The van der Waals surface area contributed by atoms with Crippen LogP contribution >= 0.6 is 0 Å². The third-order valence-corrected chi connectivity index (χ3v) is 3.75. The van der Waals surface area contributed by atoms with Crippen LogP contribution in [0.5, 0.6) is 5.75 Å². The molecule has 0 saturated heterocycles. The summed E-state index contributed by atoms with van der Waals surface area (Å²) in [5, 5.41) is 2.75. The number of ether oxygens (including phenoxy) is 1. The molecule has 2 aromatic carbocycles. The molecule has 0 saturated carbocycles. The Morgan fingerprint density at radius 2 is 1.81 bits per heavy atom. The predicted octanol–water partition coefficient (Wildman–Crippen LogP) is 4.11. The van der Waals surface area contributed by atoms with Gasteiger partial charge in [0.25, 0.3) is 0 Å². The minimum atomic E-state index is -0.260. The van der Waals surface area contributed by atoms with Gasteiger partial charge in [-0.05, 0) is 25.1 Å². The van der Waals surface area contributed by atoms with Gasteiger partial charge in [0.2, 0.25) is 5.91 Å². The molecule has 1 aromatic heterocycles. The third kappa shape index (κ3) is 4.33. The van der Waals surface area contributed by atoms with Crippen LogP contribution in [0.2, 0.25) is 0 Å². The molecule has 0 aliphatic carbocycles. The summed E-state index contributed by atoms with van der Waals surface area (Å²) in [5.74, 6) is 1.07. The van der Waals surface area contributed by atoms with Crippen LogP contribution in [-0.2, 0) is 4.79 Å². The zero-order valence-electron chi connectivity index (χ0n) is 14.6. The van der Waals surface area contributed by atoms with E-state index in [0.29, 0.717) is 11.5 Å². The number of hydrogen-bond acceptors (Lipinski definition) is 4. The molecule has 130 valence electrons. The zero-order valence-corrected chi connectivity index (χ0v) is 14.6. The van der Waals surface area contributed by atoms with E-state index in [9.17, 15) is 4.79 Å². The van der Waals surface area contributed by atoms with Gasteiger partial charge in [0.1, 0.15) is 5.75 Å². The molecule has 0 spiro atoms. The van der Waals surface area contributed by atoms with Gasteiger partial charge in [-0.3, -0.25) is 4.79 Å². The number of anilines is 1. The first-order valence-corrected chi connectivity index (χ1v) is 8.17. The van der Waals surface area contributed by atoms with E-state index in [-0.39, 0.29) is 5.91 Å². The van der Waals surface area contributed by atoms with E-state index in [2.05, 4.69) is 15.3 Å². The SMILES string of the molecule is COc1ccc(C)cc1/C=C\C(=O)Nc1cnc(-c2ccccc2)nc1. The molecule has 5 nitrogen and oxygen atoms in total. The molecule has 3 rings (SSSR count). The van der Waals surface area contributed by atoms with Gasteiger partial charge in [-0.25, -0.2) is 9.97 Å². The second kappa shape index (κ2) is 8.07. The van der Waals surface area contributed by atoms with Gasteiger partial charge in [0, 0.05) is 17.2 Å². The maximum atomic E-state index is 12.1. The van der Waals surface area contributed by atoms with Crippen molar-refractivity contribution in [2.45, 2.75) is 6.92 Å². The van der Waals surface area contributed by atoms with Crippen molar-refractivity contribution in [1.82, 2.24) is 9.97 Å². The van der Waals surface area contributed by atoms with Crippen molar-refractivity contribution in [1.29, 1.82) is 0 Å². The number of rotatable bonds is 5. The average molecular weight is 345 g/mol. The number of nitrogens with one attached hydrogen (secondary N) is 1. The minimum absolute atomic E-state index is 0.260. The lowest BCUT2D eigenvalue weighted by atomic mass is 10.1. The number of carbonyl (C=O) groups is 1. The van der Waals surface area contributed by atoms with E-state index < -0.39 is 0 Å². The first-order chi connectivity index (χ1) is 12.7. The molecule has 0 bridgehead atoms. The highest BCUT2D eigenvalue weighted by atomic mass is 16.5. The summed E-state index contributed by atoms with van der Waals surface area (Å²) in [6.45, 7) is 1.99. The largest absolute Gasteiger partial charge is 0.496 e. The number of carbonyl (C=O) groups excluding carboxylic acids is 1. The van der Waals surface area contributed by atoms with E-state index in [1.807, 2.05) is 55.5 Å². The number of aromatic nitrogens is 2. The van der Waals surface area contributed by atoms with Crippen molar-refractivity contribution in [3.8, 4) is 17.1 Å². The van der Waals surface area contributed by atoms with Crippen LogP contribution in [0.1, 0.15) is 11.1 Å². The molecule has 3 aromatic rings. The topological polar surface area (TPSA) is 64.1 Å². The quantitative estimate of drug-likeness (QED) is 0.707. The van der Waals surface area contributed by atoms with Gasteiger partial charge in [-0.15, -0.1) is 0 Å². The molecule has 1 N–H and O–H groups in total. The minimum Gasteiger partial charge on any atom is -0.496 e. The predicted molar refractivity (Wildman–Crippen MR) is 103 cm³/mol. The summed E-state index contributed by atoms with van der Waals surface area (Å²) in [7, 11) is 1.60. The second-order valence-electron chi connectivity index (χ2n) is 5.73. The fourth-order valence-corrected chi connectivity index (χ4v) is 2.46. The summed E-state index contributed by atoms with van der Waals surface area (Å²) < 4.78 is 5.30. The van der Waals surface area contributed by atoms with Crippen LogP contribution in [0.4, 0.5) is 5.69 Å². The lowest BCUT2D eigenvalue weighted by Crippen LogP contribution is -2.08. The van der Waals surface area contributed by atoms with Gasteiger partial charge in [-0.2, -0.15) is 0 Å². The first-order valence-electron chi connectivity index (χ1n) is 8.17. The number of benzene rings is 2. The van der Waals surface area contributed by atoms with Gasteiger partial charge in [-0.1, -0.05) is 42.0 Å². The lowest BCUT2D eigenvalue weighted by molar-refractivity contribution is -0.111. The standard InChI is InChI=1S/C21H19N3O2/c1-15-8-10-19(26-2)17(12-15)9-11-20(25)24-18-13-22-21(23-14-18)16-6-4-3-5-7-16/h3-14H,1-2H3,(H,24,25)/b11-9-. The summed E-state index contributed by atoms with van der Waals surface area (Å²) in [4.78, 5) is 20.7. The Bertz CT molecular complexity index is 920. The Kier molecular flexibility index (Phi) is 5.39. The molecular formula is C21H19N3O2. The van der Waals surface area contributed by atoms with Gasteiger partial charge in [0.15, 0.2) is 5.82 Å². The maximum absolute atomic E-state index is 12.1. The van der Waals surface area contributed by atoms with Crippen LogP contribution in [0.3, 0.4) is 0 Å². The lowest BCUT2D eigenvalue weighted by Gasteiger charge is -2.06. The highest BCUT2D eigenvalue weighted by Gasteiger charge is 2.04. The number of nitrogens with zero attached hydrogens (tertiary/aromatic N) is 2. The third-order valence-electron chi connectivity index (χ3n) is 3.75. The van der Waals surface area contributed by atoms with Crippen LogP contribution in [-0.4, -0.2) is 23.0 Å². The highest BCUT2D eigenvalue weighted by molar-refractivity contribution is 6.02. The Labute approximate surface area is 152 Å². The summed E-state index contributed by atoms with van der Waals surface area (Å²) in [6, 6.07) is 15.5. The van der Waals surface area contributed by atoms with Gasteiger partial charge >= 0.3 is 0 Å². The van der Waals surface area contributed by atoms with Crippen LogP contribution in [0.15, 0.2) is 67.0 Å². The summed E-state index contributed by atoms with van der Waals surface area (Å²) >= 11 is 0. The molecule has 26 heavy (non-hydrogen) atoms. The number of methoxy groups -OCH3 is 1. The number of aryl methyl sites for hydroxylation is 1. The monoisotopic (exact) mass is 345 g/mol. The van der Waals surface area contributed by atoms with E-state index in [4.69, 9.17) is 4.74 Å². The molecule has 0 fully saturated rings. The summed E-state index contributed by atoms with van der Waals surface area (Å²) in [6.07, 6.45) is 6.37. The Morgan fingerprint density at radius 3 is 2.50 bits per heavy atom. The zero-order chi connectivity index (χ0) is 18.4. The smallest absolute Gasteiger partial charge is 0.248 e. The number of hydrogen-bond donors (Lipinski definition) is 1. The number of amides is 1. The molecule has 0 unspecified atom stereocenters. The molecule has 5 heteroatoms. The fraction of sp³-hybridized carbons (Fsp3) is 0.0952. The summed E-state index contributed by atoms with van der Waals surface area (Å²) in [5.41, 5.74) is 3.40. The van der Waals surface area contributed by atoms with E-state index in [1.54, 1.807) is 25.6 Å². The van der Waals surface area contributed by atoms with Crippen LogP contribution in [0.25, 0.3) is 17.5 Å². The molecule has 1 amide bonds. The normalized spacial score (nSPS) is 10.7. The van der Waals surface area contributed by atoms with Crippen molar-refractivity contribution < 1.29 is 9.53 Å². The Balaban J connectivity index is 1.68. The van der Waals surface area contributed by atoms with E-state index in [0.717, 1.165) is 22.4 Å². The van der Waals surface area contributed by atoms with Crippen molar-refractivity contribution in [2.24, 2.45) is 0 Å². The van der Waals surface area contributed by atoms with Crippen molar-refractivity contribution >= 4 is 17.7 Å². The Morgan fingerprint density at radius 1 is 1.08 bits per heavy atom. The average Bonchev–Trinajstić information content (AvgIpc) is 2.68. The molecule has 0 radical (unpaired) electrons. The van der Waals surface area contributed by atoms with Crippen LogP contribution < -0.4 is 10.1 Å². The molecule has 0 aliphatic heterocycles. The first kappa shape index (κ1) is 17.4. The van der Waals surface area contributed by atoms with E-state index >= 15 is 0 Å². The second-order valence-corrected chi connectivity index (χ2v) is 5.73. The molecular weight excluding hydrogens is 326 g/mol. The van der Waals surface area contributed by atoms with Crippen molar-refractivity contribution in [3.05, 3.63) is 78.1 Å². The van der Waals surface area contributed by atoms with Gasteiger partial charge < -0.3 is 10.1 Å². The Hall–Kier alpha value is -3.47. The molecule has 0 atom stereocenters. The molecule has 0 aliphatic rings. The molecule has 1 heterocycles. The highest BCUT2D eigenvalue weighted by Crippen LogP contribution is 2.21. The van der Waals surface area contributed by atoms with Crippen molar-refractivity contribution in [3.63, 3.8) is 0 Å². The van der Waals surface area contributed by atoms with E-state index in [1.165, 1.54) is 6.08 Å². The van der Waals surface area contributed by atoms with Gasteiger partial charge in [0.05, 0.1) is 25.2 Å². The maximum Gasteiger partial charge on any atom is 0.248 e.